The van der Waals surface area contributed by atoms with E-state index in [0.29, 0.717) is 5.54 Å². The van der Waals surface area contributed by atoms with Gasteiger partial charge in [-0.3, -0.25) is 4.90 Å². The molecule has 2 heteroatoms. The zero-order valence-corrected chi connectivity index (χ0v) is 13.5. The lowest BCUT2D eigenvalue weighted by atomic mass is 9.87. The summed E-state index contributed by atoms with van der Waals surface area (Å²) in [6.07, 6.45) is 10.9. The molecule has 0 fully saturated rings. The number of nitrogens with one attached hydrogen (secondary N) is 1. The summed E-state index contributed by atoms with van der Waals surface area (Å²) in [7, 11) is 4.34. The van der Waals surface area contributed by atoms with Crippen LogP contribution in [0.15, 0.2) is 0 Å². The van der Waals surface area contributed by atoms with E-state index in [1.54, 1.807) is 0 Å². The van der Waals surface area contributed by atoms with E-state index in [4.69, 9.17) is 0 Å². The van der Waals surface area contributed by atoms with Crippen molar-refractivity contribution in [3.8, 4) is 0 Å². The first-order valence-corrected chi connectivity index (χ1v) is 7.96. The van der Waals surface area contributed by atoms with E-state index in [9.17, 15) is 0 Å². The quantitative estimate of drug-likeness (QED) is 0.530. The molecule has 0 radical (unpaired) electrons. The summed E-state index contributed by atoms with van der Waals surface area (Å²) in [6.45, 7) is 9.29. The predicted octanol–water partition coefficient (Wildman–Crippen LogP) is 4.06. The Hall–Kier alpha value is -0.0800. The molecule has 0 aromatic carbocycles. The molecule has 0 aromatic rings. The molecule has 0 spiro atoms. The van der Waals surface area contributed by atoms with Crippen molar-refractivity contribution in [2.24, 2.45) is 0 Å². The van der Waals surface area contributed by atoms with Gasteiger partial charge in [-0.25, -0.2) is 0 Å². The minimum absolute atomic E-state index is 0.403. The molecule has 0 amide bonds. The van der Waals surface area contributed by atoms with E-state index in [0.717, 1.165) is 13.1 Å². The molecule has 18 heavy (non-hydrogen) atoms. The lowest BCUT2D eigenvalue weighted by Gasteiger charge is -2.39. The molecule has 0 heterocycles. The van der Waals surface area contributed by atoms with Crippen LogP contribution in [0, 0.1) is 0 Å². The highest BCUT2D eigenvalue weighted by Gasteiger charge is 2.27. The molecule has 110 valence electrons. The maximum Gasteiger partial charge on any atom is 0.0178 e. The largest absolute Gasteiger partial charge is 0.318 e. The van der Waals surface area contributed by atoms with E-state index >= 15 is 0 Å². The summed E-state index contributed by atoms with van der Waals surface area (Å²) in [6, 6.07) is 0. The molecule has 0 bridgehead atoms. The van der Waals surface area contributed by atoms with Crippen LogP contribution in [0.2, 0.25) is 0 Å². The summed E-state index contributed by atoms with van der Waals surface area (Å²) in [5.74, 6) is 0. The minimum atomic E-state index is 0.403. The lowest BCUT2D eigenvalue weighted by molar-refractivity contribution is 0.111. The second-order valence-electron chi connectivity index (χ2n) is 5.94. The van der Waals surface area contributed by atoms with Crippen LogP contribution in [-0.2, 0) is 0 Å². The molecule has 0 rings (SSSR count). The normalized spacial score (nSPS) is 15.0. The molecule has 0 aliphatic carbocycles. The first-order valence-electron chi connectivity index (χ1n) is 7.96. The Morgan fingerprint density at radius 3 is 2.11 bits per heavy atom. The van der Waals surface area contributed by atoms with Crippen LogP contribution in [0.1, 0.15) is 72.1 Å². The Kier molecular flexibility index (Phi) is 10.8. The fraction of sp³-hybridized carbons (Fsp3) is 1.00. The zero-order chi connectivity index (χ0) is 13.9. The van der Waals surface area contributed by atoms with Crippen molar-refractivity contribution in [1.29, 1.82) is 0 Å². The lowest BCUT2D eigenvalue weighted by Crippen LogP contribution is -2.46. The standard InChI is InChI=1S/C16H36N2/c1-6-8-10-11-13-16(3,12-9-7-2)18(5)15-14-17-4/h17H,6-15H2,1-5H3. The van der Waals surface area contributed by atoms with Gasteiger partial charge < -0.3 is 5.32 Å². The van der Waals surface area contributed by atoms with Gasteiger partial charge in [0.25, 0.3) is 0 Å². The van der Waals surface area contributed by atoms with Gasteiger partial charge in [-0.15, -0.1) is 0 Å². The topological polar surface area (TPSA) is 15.3 Å². The van der Waals surface area contributed by atoms with E-state index in [2.05, 4.69) is 38.0 Å². The van der Waals surface area contributed by atoms with Gasteiger partial charge in [0, 0.05) is 18.6 Å². The number of nitrogens with zero attached hydrogens (tertiary/aromatic N) is 1. The van der Waals surface area contributed by atoms with Gasteiger partial charge in [0.05, 0.1) is 0 Å². The number of rotatable bonds is 12. The SMILES string of the molecule is CCCCCCC(C)(CCCC)N(C)CCNC. The van der Waals surface area contributed by atoms with Crippen LogP contribution in [0.5, 0.6) is 0 Å². The number of hydrogen-bond donors (Lipinski definition) is 1. The number of hydrogen-bond acceptors (Lipinski definition) is 2. The van der Waals surface area contributed by atoms with E-state index in [1.165, 1.54) is 51.4 Å². The third-order valence-electron chi connectivity index (χ3n) is 4.26. The third-order valence-corrected chi connectivity index (χ3v) is 4.26. The molecule has 1 N–H and O–H groups in total. The number of unbranched alkanes of at least 4 members (excludes halogenated alkanes) is 4. The smallest absolute Gasteiger partial charge is 0.0178 e. The summed E-state index contributed by atoms with van der Waals surface area (Å²) < 4.78 is 0. The van der Waals surface area contributed by atoms with Gasteiger partial charge in [-0.05, 0) is 33.9 Å². The maximum atomic E-state index is 3.26. The van der Waals surface area contributed by atoms with Gasteiger partial charge in [0.2, 0.25) is 0 Å². The van der Waals surface area contributed by atoms with Crippen LogP contribution >= 0.6 is 0 Å². The zero-order valence-electron chi connectivity index (χ0n) is 13.5. The van der Waals surface area contributed by atoms with Crippen molar-refractivity contribution in [2.75, 3.05) is 27.2 Å². The van der Waals surface area contributed by atoms with Crippen LogP contribution < -0.4 is 5.32 Å². The second kappa shape index (κ2) is 10.8. The Balaban J connectivity index is 4.21. The van der Waals surface area contributed by atoms with Crippen LogP contribution in [0.4, 0.5) is 0 Å². The summed E-state index contributed by atoms with van der Waals surface area (Å²) in [5, 5.41) is 3.26. The van der Waals surface area contributed by atoms with Crippen molar-refractivity contribution in [3.63, 3.8) is 0 Å². The molecule has 0 saturated carbocycles. The summed E-state index contributed by atoms with van der Waals surface area (Å²) in [4.78, 5) is 2.57. The molecule has 2 nitrogen and oxygen atoms in total. The van der Waals surface area contributed by atoms with E-state index in [-0.39, 0.29) is 0 Å². The Morgan fingerprint density at radius 2 is 1.56 bits per heavy atom. The predicted molar refractivity (Wildman–Crippen MR) is 83.2 cm³/mol. The van der Waals surface area contributed by atoms with Gasteiger partial charge >= 0.3 is 0 Å². The highest BCUT2D eigenvalue weighted by atomic mass is 15.2. The third kappa shape index (κ3) is 7.38. The van der Waals surface area contributed by atoms with Gasteiger partial charge in [-0.1, -0.05) is 52.4 Å². The van der Waals surface area contributed by atoms with Gasteiger partial charge in [-0.2, -0.15) is 0 Å². The van der Waals surface area contributed by atoms with Crippen molar-refractivity contribution >= 4 is 0 Å². The Bertz CT molecular complexity index is 182. The van der Waals surface area contributed by atoms with Gasteiger partial charge in [0.1, 0.15) is 0 Å². The number of likely N-dealkylation sites (N-methyl/N-ethyl adjacent to an activating group) is 2. The molecule has 0 saturated heterocycles. The molecule has 0 aromatic heterocycles. The van der Waals surface area contributed by atoms with Crippen molar-refractivity contribution in [3.05, 3.63) is 0 Å². The molecule has 1 unspecified atom stereocenters. The minimum Gasteiger partial charge on any atom is -0.318 e. The molecule has 0 aliphatic rings. The van der Waals surface area contributed by atoms with Crippen LogP contribution in [0.25, 0.3) is 0 Å². The first kappa shape index (κ1) is 17.9. The molecule has 1 atom stereocenters. The summed E-state index contributed by atoms with van der Waals surface area (Å²) >= 11 is 0. The monoisotopic (exact) mass is 256 g/mol. The summed E-state index contributed by atoms with van der Waals surface area (Å²) in [5.41, 5.74) is 0.403. The molecular weight excluding hydrogens is 220 g/mol. The average molecular weight is 256 g/mol. The average Bonchev–Trinajstić information content (AvgIpc) is 2.38. The molecule has 0 aliphatic heterocycles. The fourth-order valence-electron chi connectivity index (χ4n) is 2.55. The first-order chi connectivity index (χ1) is 8.60. The van der Waals surface area contributed by atoms with E-state index in [1.807, 2.05) is 7.05 Å². The van der Waals surface area contributed by atoms with Crippen LogP contribution in [0.3, 0.4) is 0 Å². The van der Waals surface area contributed by atoms with Crippen molar-refractivity contribution in [1.82, 2.24) is 10.2 Å². The van der Waals surface area contributed by atoms with Crippen LogP contribution in [-0.4, -0.2) is 37.6 Å². The maximum absolute atomic E-state index is 3.26. The Morgan fingerprint density at radius 1 is 0.944 bits per heavy atom. The fourth-order valence-corrected chi connectivity index (χ4v) is 2.55. The van der Waals surface area contributed by atoms with Crippen molar-refractivity contribution in [2.45, 2.75) is 77.7 Å². The highest BCUT2D eigenvalue weighted by molar-refractivity contribution is 4.84. The van der Waals surface area contributed by atoms with Crippen molar-refractivity contribution < 1.29 is 0 Å². The van der Waals surface area contributed by atoms with Gasteiger partial charge in [0.15, 0.2) is 0 Å². The van der Waals surface area contributed by atoms with E-state index < -0.39 is 0 Å². The molecular formula is C16H36N2. The Labute approximate surface area is 116 Å². The highest BCUT2D eigenvalue weighted by Crippen LogP contribution is 2.27. The second-order valence-corrected chi connectivity index (χ2v) is 5.94.